The molecule has 0 unspecified atom stereocenters. The summed E-state index contributed by atoms with van der Waals surface area (Å²) in [5.74, 6) is 0. The Morgan fingerprint density at radius 2 is 1.88 bits per heavy atom. The van der Waals surface area contributed by atoms with Crippen LogP contribution in [-0.4, -0.2) is 60.8 Å². The van der Waals surface area contributed by atoms with E-state index in [0.29, 0.717) is 11.6 Å². The van der Waals surface area contributed by atoms with Crippen molar-refractivity contribution in [2.24, 2.45) is 0 Å². The molecule has 0 saturated carbocycles. The van der Waals surface area contributed by atoms with Gasteiger partial charge in [0.05, 0.1) is 13.2 Å². The molecule has 1 spiro atoms. The Hall–Kier alpha value is -0.120. The summed E-state index contributed by atoms with van der Waals surface area (Å²) in [6, 6.07) is 0.650. The van der Waals surface area contributed by atoms with Crippen molar-refractivity contribution in [3.8, 4) is 0 Å². The van der Waals surface area contributed by atoms with Crippen molar-refractivity contribution in [1.82, 2.24) is 9.80 Å². The molecule has 0 aromatic rings. The third-order valence-electron chi connectivity index (χ3n) is 4.31. The standard InChI is InChI=1S/C13H26N2O/c1-4-14-7-5-13(6-8-14)11-16-10-9-15(13)12(2)3/h12H,4-11H2,1-3H3. The van der Waals surface area contributed by atoms with Crippen molar-refractivity contribution in [3.63, 3.8) is 0 Å². The average Bonchev–Trinajstić information content (AvgIpc) is 2.30. The molecule has 0 atom stereocenters. The predicted molar refractivity (Wildman–Crippen MR) is 66.7 cm³/mol. The predicted octanol–water partition coefficient (Wildman–Crippen LogP) is 1.58. The molecule has 0 radical (unpaired) electrons. The van der Waals surface area contributed by atoms with Gasteiger partial charge in [0, 0.05) is 18.1 Å². The monoisotopic (exact) mass is 226 g/mol. The molecule has 0 amide bonds. The highest BCUT2D eigenvalue weighted by molar-refractivity contribution is 4.98. The summed E-state index contributed by atoms with van der Waals surface area (Å²) in [5.41, 5.74) is 0.345. The Bertz CT molecular complexity index is 222. The second kappa shape index (κ2) is 5.03. The molecule has 94 valence electrons. The van der Waals surface area contributed by atoms with Crippen LogP contribution >= 0.6 is 0 Å². The molecule has 2 saturated heterocycles. The van der Waals surface area contributed by atoms with Gasteiger partial charge in [-0.2, -0.15) is 0 Å². The fourth-order valence-electron chi connectivity index (χ4n) is 3.27. The minimum absolute atomic E-state index is 0.345. The molecule has 2 rings (SSSR count). The molecular formula is C13H26N2O. The zero-order chi connectivity index (χ0) is 11.6. The maximum absolute atomic E-state index is 5.75. The van der Waals surface area contributed by atoms with Crippen molar-refractivity contribution in [3.05, 3.63) is 0 Å². The van der Waals surface area contributed by atoms with Gasteiger partial charge in [0.15, 0.2) is 0 Å². The first-order chi connectivity index (χ1) is 7.68. The number of rotatable bonds is 2. The Labute approximate surface area is 99.7 Å². The van der Waals surface area contributed by atoms with E-state index in [1.54, 1.807) is 0 Å². The maximum atomic E-state index is 5.75. The number of piperidine rings is 1. The third-order valence-corrected chi connectivity index (χ3v) is 4.31. The zero-order valence-corrected chi connectivity index (χ0v) is 11.0. The van der Waals surface area contributed by atoms with E-state index in [0.717, 1.165) is 19.8 Å². The Morgan fingerprint density at radius 1 is 1.19 bits per heavy atom. The van der Waals surface area contributed by atoms with E-state index >= 15 is 0 Å². The third kappa shape index (κ3) is 2.27. The van der Waals surface area contributed by atoms with E-state index < -0.39 is 0 Å². The number of likely N-dealkylation sites (tertiary alicyclic amines) is 1. The van der Waals surface area contributed by atoms with Crippen LogP contribution in [0.4, 0.5) is 0 Å². The highest BCUT2D eigenvalue weighted by Gasteiger charge is 2.42. The number of ether oxygens (including phenoxy) is 1. The van der Waals surface area contributed by atoms with E-state index in [2.05, 4.69) is 30.6 Å². The summed E-state index contributed by atoms with van der Waals surface area (Å²) >= 11 is 0. The molecule has 3 heteroatoms. The quantitative estimate of drug-likeness (QED) is 0.711. The lowest BCUT2D eigenvalue weighted by molar-refractivity contribution is -0.107. The van der Waals surface area contributed by atoms with Crippen LogP contribution in [0.2, 0.25) is 0 Å². The van der Waals surface area contributed by atoms with Crippen LogP contribution in [0.1, 0.15) is 33.6 Å². The lowest BCUT2D eigenvalue weighted by atomic mass is 9.84. The summed E-state index contributed by atoms with van der Waals surface area (Å²) in [6.07, 6.45) is 2.55. The second-order valence-electron chi connectivity index (χ2n) is 5.50. The van der Waals surface area contributed by atoms with Crippen LogP contribution in [0, 0.1) is 0 Å². The van der Waals surface area contributed by atoms with Gasteiger partial charge in [-0.05, 0) is 46.3 Å². The first-order valence-corrected chi connectivity index (χ1v) is 6.75. The normalized spacial score (nSPS) is 27.8. The lowest BCUT2D eigenvalue weighted by Gasteiger charge is -2.52. The van der Waals surface area contributed by atoms with Crippen LogP contribution in [0.5, 0.6) is 0 Å². The van der Waals surface area contributed by atoms with Gasteiger partial charge in [-0.1, -0.05) is 6.92 Å². The van der Waals surface area contributed by atoms with E-state index in [-0.39, 0.29) is 0 Å². The largest absolute Gasteiger partial charge is 0.378 e. The smallest absolute Gasteiger partial charge is 0.0652 e. The van der Waals surface area contributed by atoms with Crippen molar-refractivity contribution in [1.29, 1.82) is 0 Å². The first-order valence-electron chi connectivity index (χ1n) is 6.75. The summed E-state index contributed by atoms with van der Waals surface area (Å²) in [5, 5.41) is 0. The molecular weight excluding hydrogens is 200 g/mol. The molecule has 2 fully saturated rings. The minimum atomic E-state index is 0.345. The molecule has 0 aromatic heterocycles. The summed E-state index contributed by atoms with van der Waals surface area (Å²) in [7, 11) is 0. The maximum Gasteiger partial charge on any atom is 0.0652 e. The number of nitrogens with zero attached hydrogens (tertiary/aromatic N) is 2. The number of morpholine rings is 1. The van der Waals surface area contributed by atoms with Crippen molar-refractivity contribution in [2.45, 2.75) is 45.2 Å². The molecule has 0 aromatic carbocycles. The molecule has 2 aliphatic rings. The number of hydrogen-bond acceptors (Lipinski definition) is 3. The second-order valence-corrected chi connectivity index (χ2v) is 5.50. The van der Waals surface area contributed by atoms with Crippen LogP contribution in [0.3, 0.4) is 0 Å². The van der Waals surface area contributed by atoms with E-state index in [4.69, 9.17) is 4.74 Å². The van der Waals surface area contributed by atoms with E-state index in [9.17, 15) is 0 Å². The fourth-order valence-corrected chi connectivity index (χ4v) is 3.27. The van der Waals surface area contributed by atoms with Gasteiger partial charge < -0.3 is 9.64 Å². The van der Waals surface area contributed by atoms with Crippen molar-refractivity contribution < 1.29 is 4.74 Å². The van der Waals surface area contributed by atoms with Crippen LogP contribution in [-0.2, 0) is 4.74 Å². The molecule has 0 N–H and O–H groups in total. The van der Waals surface area contributed by atoms with Crippen LogP contribution < -0.4 is 0 Å². The van der Waals surface area contributed by atoms with Gasteiger partial charge in [-0.3, -0.25) is 4.90 Å². The van der Waals surface area contributed by atoms with Gasteiger partial charge in [-0.25, -0.2) is 0 Å². The van der Waals surface area contributed by atoms with Crippen LogP contribution in [0.15, 0.2) is 0 Å². The molecule has 3 nitrogen and oxygen atoms in total. The van der Waals surface area contributed by atoms with Crippen molar-refractivity contribution in [2.75, 3.05) is 39.4 Å². The van der Waals surface area contributed by atoms with E-state index in [1.807, 2.05) is 0 Å². The average molecular weight is 226 g/mol. The van der Waals surface area contributed by atoms with Gasteiger partial charge >= 0.3 is 0 Å². The Balaban J connectivity index is 2.04. The zero-order valence-electron chi connectivity index (χ0n) is 11.0. The highest BCUT2D eigenvalue weighted by Crippen LogP contribution is 2.33. The summed E-state index contributed by atoms with van der Waals surface area (Å²) < 4.78 is 5.75. The number of hydrogen-bond donors (Lipinski definition) is 0. The SMILES string of the molecule is CCN1CCC2(CC1)COCCN2C(C)C. The lowest BCUT2D eigenvalue weighted by Crippen LogP contribution is -2.63. The summed E-state index contributed by atoms with van der Waals surface area (Å²) in [4.78, 5) is 5.24. The molecule has 0 bridgehead atoms. The fraction of sp³-hybridized carbons (Fsp3) is 1.00. The van der Waals surface area contributed by atoms with E-state index in [1.165, 1.54) is 32.5 Å². The Morgan fingerprint density at radius 3 is 2.44 bits per heavy atom. The van der Waals surface area contributed by atoms with Gasteiger partial charge in [-0.15, -0.1) is 0 Å². The molecule has 2 heterocycles. The van der Waals surface area contributed by atoms with Gasteiger partial charge in [0.2, 0.25) is 0 Å². The first kappa shape index (κ1) is 12.3. The van der Waals surface area contributed by atoms with Gasteiger partial charge in [0.1, 0.15) is 0 Å². The van der Waals surface area contributed by atoms with Crippen LogP contribution in [0.25, 0.3) is 0 Å². The van der Waals surface area contributed by atoms with Gasteiger partial charge in [0.25, 0.3) is 0 Å². The highest BCUT2D eigenvalue weighted by atomic mass is 16.5. The minimum Gasteiger partial charge on any atom is -0.378 e. The topological polar surface area (TPSA) is 15.7 Å². The molecule has 16 heavy (non-hydrogen) atoms. The Kier molecular flexibility index (Phi) is 3.88. The van der Waals surface area contributed by atoms with Crippen molar-refractivity contribution >= 4 is 0 Å². The molecule has 2 aliphatic heterocycles. The molecule has 0 aliphatic carbocycles. The summed E-state index contributed by atoms with van der Waals surface area (Å²) in [6.45, 7) is 13.5.